The predicted octanol–water partition coefficient (Wildman–Crippen LogP) is 4.98. The van der Waals surface area contributed by atoms with Gasteiger partial charge in [-0.05, 0) is 68.1 Å². The minimum atomic E-state index is 0.350. The lowest BCUT2D eigenvalue weighted by atomic mass is 9.93. The van der Waals surface area contributed by atoms with E-state index in [1.165, 1.54) is 16.7 Å². The highest BCUT2D eigenvalue weighted by atomic mass is 35.5. The molecule has 1 atom stereocenters. The van der Waals surface area contributed by atoms with Crippen LogP contribution in [0.5, 0.6) is 0 Å². The zero-order valence-corrected chi connectivity index (χ0v) is 14.2. The molecule has 1 unspecified atom stereocenters. The molecular weight excluding hydrogens is 301 g/mol. The van der Waals surface area contributed by atoms with Crippen molar-refractivity contribution in [1.82, 2.24) is 5.32 Å². The van der Waals surface area contributed by atoms with Crippen LogP contribution < -0.4 is 5.32 Å². The molecule has 0 heterocycles. The van der Waals surface area contributed by atoms with E-state index in [1.54, 1.807) is 0 Å². The zero-order valence-electron chi connectivity index (χ0n) is 12.7. The highest BCUT2D eigenvalue weighted by molar-refractivity contribution is 6.35. The maximum atomic E-state index is 6.28. The first-order valence-corrected chi connectivity index (χ1v) is 7.93. The van der Waals surface area contributed by atoms with Crippen LogP contribution in [-0.2, 0) is 12.8 Å². The highest BCUT2D eigenvalue weighted by Crippen LogP contribution is 2.23. The number of nitrogens with one attached hydrogen (secondary N) is 1. The Labute approximate surface area is 137 Å². The number of rotatable bonds is 5. The summed E-state index contributed by atoms with van der Waals surface area (Å²) in [4.78, 5) is 0. The van der Waals surface area contributed by atoms with Crippen molar-refractivity contribution in [2.75, 3.05) is 7.05 Å². The summed E-state index contributed by atoms with van der Waals surface area (Å²) >= 11 is 12.2. The normalized spacial score (nSPS) is 12.4. The minimum absolute atomic E-state index is 0.350. The van der Waals surface area contributed by atoms with E-state index in [1.807, 2.05) is 25.2 Å². The molecular formula is C18H21Cl2N. The lowest BCUT2D eigenvalue weighted by Crippen LogP contribution is -2.30. The molecule has 0 aliphatic rings. The molecule has 21 heavy (non-hydrogen) atoms. The molecule has 0 saturated heterocycles. The first kappa shape index (κ1) is 16.4. The Balaban J connectivity index is 2.17. The van der Waals surface area contributed by atoms with Gasteiger partial charge in [0.1, 0.15) is 0 Å². The van der Waals surface area contributed by atoms with Crippen LogP contribution in [0.2, 0.25) is 10.0 Å². The third-order valence-electron chi connectivity index (χ3n) is 3.98. The Bertz CT molecular complexity index is 602. The van der Waals surface area contributed by atoms with Crippen LogP contribution in [0.15, 0.2) is 36.4 Å². The van der Waals surface area contributed by atoms with Crippen molar-refractivity contribution in [3.63, 3.8) is 0 Å². The fourth-order valence-electron chi connectivity index (χ4n) is 2.65. The molecule has 112 valence electrons. The molecule has 2 rings (SSSR count). The topological polar surface area (TPSA) is 12.0 Å². The standard InChI is InChI=1S/C18H21Cl2N/c1-12-5-4-6-13(2)17(12)11-16(21-3)9-14-7-8-15(19)10-18(14)20/h4-8,10,16,21H,9,11H2,1-3H3. The van der Waals surface area contributed by atoms with Crippen molar-refractivity contribution < 1.29 is 0 Å². The van der Waals surface area contributed by atoms with Crippen LogP contribution in [0.1, 0.15) is 22.3 Å². The summed E-state index contributed by atoms with van der Waals surface area (Å²) in [5.74, 6) is 0. The summed E-state index contributed by atoms with van der Waals surface area (Å²) in [6.07, 6.45) is 1.88. The molecule has 0 fully saturated rings. The molecule has 0 bridgehead atoms. The quantitative estimate of drug-likeness (QED) is 0.818. The second kappa shape index (κ2) is 7.31. The Morgan fingerprint density at radius 1 is 1.00 bits per heavy atom. The number of likely N-dealkylation sites (N-methyl/N-ethyl adjacent to an activating group) is 1. The summed E-state index contributed by atoms with van der Waals surface area (Å²) in [7, 11) is 2.00. The van der Waals surface area contributed by atoms with Crippen LogP contribution in [0.4, 0.5) is 0 Å². The van der Waals surface area contributed by atoms with Gasteiger partial charge in [0.25, 0.3) is 0 Å². The summed E-state index contributed by atoms with van der Waals surface area (Å²) in [5.41, 5.74) is 5.24. The first-order chi connectivity index (χ1) is 10.0. The van der Waals surface area contributed by atoms with Gasteiger partial charge in [-0.3, -0.25) is 0 Å². The number of benzene rings is 2. The van der Waals surface area contributed by atoms with Gasteiger partial charge in [0.15, 0.2) is 0 Å². The summed E-state index contributed by atoms with van der Waals surface area (Å²) in [6.45, 7) is 4.34. The molecule has 2 aromatic rings. The molecule has 0 saturated carbocycles. The van der Waals surface area contributed by atoms with E-state index in [9.17, 15) is 0 Å². The van der Waals surface area contributed by atoms with Crippen LogP contribution in [0.3, 0.4) is 0 Å². The average Bonchev–Trinajstić information content (AvgIpc) is 2.44. The summed E-state index contributed by atoms with van der Waals surface area (Å²) in [5, 5.41) is 4.82. The lowest BCUT2D eigenvalue weighted by molar-refractivity contribution is 0.554. The van der Waals surface area contributed by atoms with Gasteiger partial charge in [-0.2, -0.15) is 0 Å². The fraction of sp³-hybridized carbons (Fsp3) is 0.333. The Morgan fingerprint density at radius 3 is 2.24 bits per heavy atom. The summed E-state index contributed by atoms with van der Waals surface area (Å²) < 4.78 is 0. The van der Waals surface area contributed by atoms with Gasteiger partial charge >= 0.3 is 0 Å². The van der Waals surface area contributed by atoms with E-state index >= 15 is 0 Å². The molecule has 1 N–H and O–H groups in total. The molecule has 0 spiro atoms. The first-order valence-electron chi connectivity index (χ1n) is 7.17. The van der Waals surface area contributed by atoms with Crippen LogP contribution in [0, 0.1) is 13.8 Å². The zero-order chi connectivity index (χ0) is 15.4. The van der Waals surface area contributed by atoms with Crippen molar-refractivity contribution in [2.45, 2.75) is 32.7 Å². The molecule has 0 aromatic heterocycles. The number of hydrogen-bond donors (Lipinski definition) is 1. The van der Waals surface area contributed by atoms with E-state index in [0.29, 0.717) is 11.1 Å². The van der Waals surface area contributed by atoms with Gasteiger partial charge in [-0.1, -0.05) is 47.5 Å². The van der Waals surface area contributed by atoms with Crippen molar-refractivity contribution in [3.8, 4) is 0 Å². The van der Waals surface area contributed by atoms with E-state index in [4.69, 9.17) is 23.2 Å². The number of hydrogen-bond acceptors (Lipinski definition) is 1. The van der Waals surface area contributed by atoms with Crippen molar-refractivity contribution in [3.05, 3.63) is 68.7 Å². The molecule has 0 aliphatic carbocycles. The second-order valence-electron chi connectivity index (χ2n) is 5.50. The van der Waals surface area contributed by atoms with E-state index in [2.05, 4.69) is 37.4 Å². The van der Waals surface area contributed by atoms with Gasteiger partial charge in [0.2, 0.25) is 0 Å². The van der Waals surface area contributed by atoms with Crippen molar-refractivity contribution in [1.29, 1.82) is 0 Å². The average molecular weight is 322 g/mol. The Kier molecular flexibility index (Phi) is 5.69. The van der Waals surface area contributed by atoms with E-state index in [-0.39, 0.29) is 0 Å². The Morgan fingerprint density at radius 2 is 1.67 bits per heavy atom. The highest BCUT2D eigenvalue weighted by Gasteiger charge is 2.13. The van der Waals surface area contributed by atoms with Crippen LogP contribution in [0.25, 0.3) is 0 Å². The molecule has 3 heteroatoms. The molecule has 1 nitrogen and oxygen atoms in total. The predicted molar refractivity (Wildman–Crippen MR) is 92.6 cm³/mol. The second-order valence-corrected chi connectivity index (χ2v) is 6.34. The monoisotopic (exact) mass is 321 g/mol. The lowest BCUT2D eigenvalue weighted by Gasteiger charge is -2.20. The Hall–Kier alpha value is -1.02. The van der Waals surface area contributed by atoms with Crippen LogP contribution >= 0.6 is 23.2 Å². The molecule has 0 amide bonds. The van der Waals surface area contributed by atoms with Crippen molar-refractivity contribution >= 4 is 23.2 Å². The van der Waals surface area contributed by atoms with Crippen molar-refractivity contribution in [2.24, 2.45) is 0 Å². The van der Waals surface area contributed by atoms with Gasteiger partial charge < -0.3 is 5.32 Å². The van der Waals surface area contributed by atoms with E-state index < -0.39 is 0 Å². The molecule has 2 aromatic carbocycles. The fourth-order valence-corrected chi connectivity index (χ4v) is 3.13. The summed E-state index contributed by atoms with van der Waals surface area (Å²) in [6, 6.07) is 12.5. The van der Waals surface area contributed by atoms with Crippen LogP contribution in [-0.4, -0.2) is 13.1 Å². The smallest absolute Gasteiger partial charge is 0.0453 e. The van der Waals surface area contributed by atoms with Gasteiger partial charge in [0, 0.05) is 16.1 Å². The maximum Gasteiger partial charge on any atom is 0.0453 e. The van der Waals surface area contributed by atoms with Gasteiger partial charge in [0.05, 0.1) is 0 Å². The molecule has 0 aliphatic heterocycles. The third-order valence-corrected chi connectivity index (χ3v) is 4.57. The third kappa shape index (κ3) is 4.23. The van der Waals surface area contributed by atoms with Gasteiger partial charge in [-0.15, -0.1) is 0 Å². The maximum absolute atomic E-state index is 6.28. The molecule has 0 radical (unpaired) electrons. The number of aryl methyl sites for hydroxylation is 2. The largest absolute Gasteiger partial charge is 0.316 e. The van der Waals surface area contributed by atoms with Gasteiger partial charge in [-0.25, -0.2) is 0 Å². The minimum Gasteiger partial charge on any atom is -0.316 e. The number of halogens is 2. The SMILES string of the molecule is CNC(Cc1ccc(Cl)cc1Cl)Cc1c(C)cccc1C. The van der Waals surface area contributed by atoms with E-state index in [0.717, 1.165) is 23.4 Å².